The van der Waals surface area contributed by atoms with Crippen molar-refractivity contribution in [3.05, 3.63) is 45.3 Å². The van der Waals surface area contributed by atoms with Crippen molar-refractivity contribution in [2.24, 2.45) is 5.10 Å². The zero-order valence-corrected chi connectivity index (χ0v) is 16.4. The first-order valence-corrected chi connectivity index (χ1v) is 10.4. The molecule has 1 heterocycles. The standard InChI is InChI=1S/C16H19N3O6S2/c1-3-7-25-16-13(19(20)21)9-12(10-14(16)24-4-2)11-17-18-27(22,23)15-6-5-8-26-15/h5-6,8-11,18H,3-4,7H2,1-2H3/b17-11+. The molecule has 1 N–H and O–H groups in total. The van der Waals surface area contributed by atoms with Crippen molar-refractivity contribution in [3.8, 4) is 11.5 Å². The summed E-state index contributed by atoms with van der Waals surface area (Å²) < 4.78 is 35.1. The van der Waals surface area contributed by atoms with Crippen molar-refractivity contribution in [2.45, 2.75) is 24.5 Å². The molecule has 27 heavy (non-hydrogen) atoms. The lowest BCUT2D eigenvalue weighted by atomic mass is 10.2. The third kappa shape index (κ3) is 5.41. The molecular weight excluding hydrogens is 394 g/mol. The molecule has 0 unspecified atom stereocenters. The second-order valence-electron chi connectivity index (χ2n) is 5.19. The number of sulfonamides is 1. The Morgan fingerprint density at radius 3 is 2.70 bits per heavy atom. The molecule has 0 saturated heterocycles. The molecule has 1 aromatic carbocycles. The number of nitro groups is 1. The highest BCUT2D eigenvalue weighted by molar-refractivity contribution is 7.91. The SMILES string of the molecule is CCCOc1c(OCC)cc(/C=N/NS(=O)(=O)c2cccs2)cc1[N+](=O)[O-]. The van der Waals surface area contributed by atoms with Crippen molar-refractivity contribution in [2.75, 3.05) is 13.2 Å². The highest BCUT2D eigenvalue weighted by atomic mass is 32.2. The molecule has 0 atom stereocenters. The molecule has 0 bridgehead atoms. The van der Waals surface area contributed by atoms with Crippen molar-refractivity contribution < 1.29 is 22.8 Å². The first-order chi connectivity index (χ1) is 12.9. The van der Waals surface area contributed by atoms with Crippen LogP contribution in [0.1, 0.15) is 25.8 Å². The number of hydrazone groups is 1. The summed E-state index contributed by atoms with van der Waals surface area (Å²) in [7, 11) is -3.77. The summed E-state index contributed by atoms with van der Waals surface area (Å²) in [6.07, 6.45) is 1.85. The van der Waals surface area contributed by atoms with Crippen molar-refractivity contribution >= 4 is 33.3 Å². The summed E-state index contributed by atoms with van der Waals surface area (Å²) >= 11 is 1.05. The molecule has 0 amide bonds. The lowest BCUT2D eigenvalue weighted by molar-refractivity contribution is -0.386. The van der Waals surface area contributed by atoms with Crippen LogP contribution in [0.5, 0.6) is 11.5 Å². The van der Waals surface area contributed by atoms with Gasteiger partial charge in [0.05, 0.1) is 24.4 Å². The maximum atomic E-state index is 12.0. The van der Waals surface area contributed by atoms with E-state index in [0.717, 1.165) is 11.3 Å². The molecule has 146 valence electrons. The minimum atomic E-state index is -3.77. The van der Waals surface area contributed by atoms with Gasteiger partial charge in [0.2, 0.25) is 5.75 Å². The van der Waals surface area contributed by atoms with Crippen LogP contribution in [0, 0.1) is 10.1 Å². The lowest BCUT2D eigenvalue weighted by Gasteiger charge is -2.12. The van der Waals surface area contributed by atoms with Gasteiger partial charge in [-0.3, -0.25) is 10.1 Å². The maximum Gasteiger partial charge on any atom is 0.315 e. The first kappa shape index (κ1) is 20.6. The van der Waals surface area contributed by atoms with Crippen LogP contribution in [0.15, 0.2) is 39.0 Å². The van der Waals surface area contributed by atoms with Gasteiger partial charge in [0, 0.05) is 11.6 Å². The fraction of sp³-hybridized carbons (Fsp3) is 0.312. The Morgan fingerprint density at radius 2 is 2.11 bits per heavy atom. The maximum absolute atomic E-state index is 12.0. The monoisotopic (exact) mass is 413 g/mol. The Bertz CT molecular complexity index is 910. The highest BCUT2D eigenvalue weighted by Crippen LogP contribution is 2.38. The van der Waals surface area contributed by atoms with E-state index in [-0.39, 0.29) is 28.0 Å². The van der Waals surface area contributed by atoms with Gasteiger partial charge in [-0.2, -0.15) is 18.4 Å². The van der Waals surface area contributed by atoms with E-state index in [2.05, 4.69) is 9.93 Å². The second-order valence-corrected chi connectivity index (χ2v) is 8.03. The van der Waals surface area contributed by atoms with Gasteiger partial charge in [-0.15, -0.1) is 11.3 Å². The van der Waals surface area contributed by atoms with Gasteiger partial charge in [0.25, 0.3) is 10.0 Å². The number of benzene rings is 1. The average molecular weight is 413 g/mol. The predicted molar refractivity (Wildman–Crippen MR) is 102 cm³/mol. The molecule has 11 heteroatoms. The zero-order valence-electron chi connectivity index (χ0n) is 14.7. The average Bonchev–Trinajstić information content (AvgIpc) is 3.16. The fourth-order valence-corrected chi connectivity index (χ4v) is 3.83. The predicted octanol–water partition coefficient (Wildman–Crippen LogP) is 3.16. The molecule has 0 saturated carbocycles. The number of ether oxygens (including phenoxy) is 2. The van der Waals surface area contributed by atoms with E-state index in [1.165, 1.54) is 24.4 Å². The number of nitrogens with zero attached hydrogens (tertiary/aromatic N) is 2. The molecule has 2 aromatic rings. The summed E-state index contributed by atoms with van der Waals surface area (Å²) in [4.78, 5) is 12.9. The second kappa shape index (κ2) is 9.33. The minimum absolute atomic E-state index is 0.0417. The Kier molecular flexibility index (Phi) is 7.13. The normalized spacial score (nSPS) is 11.5. The van der Waals surface area contributed by atoms with Crippen LogP contribution < -0.4 is 14.3 Å². The van der Waals surface area contributed by atoms with Gasteiger partial charge in [0.15, 0.2) is 5.75 Å². The van der Waals surface area contributed by atoms with Crippen molar-refractivity contribution in [3.63, 3.8) is 0 Å². The third-order valence-electron chi connectivity index (χ3n) is 3.15. The Labute approximate surface area is 160 Å². The summed E-state index contributed by atoms with van der Waals surface area (Å²) in [6, 6.07) is 5.80. The van der Waals surface area contributed by atoms with Crippen LogP contribution in [0.3, 0.4) is 0 Å². The van der Waals surface area contributed by atoms with Crippen LogP contribution in [-0.2, 0) is 10.0 Å². The zero-order chi connectivity index (χ0) is 19.9. The third-order valence-corrected chi connectivity index (χ3v) is 5.77. The molecule has 2 rings (SSSR count). The molecule has 0 aliphatic carbocycles. The van der Waals surface area contributed by atoms with E-state index in [4.69, 9.17) is 9.47 Å². The van der Waals surface area contributed by atoms with Gasteiger partial charge >= 0.3 is 5.69 Å². The smallest absolute Gasteiger partial charge is 0.315 e. The molecular formula is C16H19N3O6S2. The highest BCUT2D eigenvalue weighted by Gasteiger charge is 2.22. The number of hydrogen-bond donors (Lipinski definition) is 1. The molecule has 0 fully saturated rings. The number of nitro benzene ring substituents is 1. The summed E-state index contributed by atoms with van der Waals surface area (Å²) in [5, 5.41) is 16.7. The largest absolute Gasteiger partial charge is 0.490 e. The van der Waals surface area contributed by atoms with E-state index in [1.54, 1.807) is 18.4 Å². The Balaban J connectivity index is 2.32. The minimum Gasteiger partial charge on any atom is -0.490 e. The number of rotatable bonds is 10. The summed E-state index contributed by atoms with van der Waals surface area (Å²) in [5.41, 5.74) is 0.0137. The number of thiophene rings is 1. The van der Waals surface area contributed by atoms with E-state index in [0.29, 0.717) is 18.6 Å². The lowest BCUT2D eigenvalue weighted by Crippen LogP contribution is -2.17. The summed E-state index contributed by atoms with van der Waals surface area (Å²) in [5.74, 6) is 0.239. The molecule has 9 nitrogen and oxygen atoms in total. The molecule has 0 aliphatic heterocycles. The molecule has 0 aliphatic rings. The van der Waals surface area contributed by atoms with Gasteiger partial charge in [0.1, 0.15) is 4.21 Å². The van der Waals surface area contributed by atoms with Gasteiger partial charge in [-0.25, -0.2) is 0 Å². The number of hydrogen-bond acceptors (Lipinski definition) is 8. The van der Waals surface area contributed by atoms with Crippen LogP contribution >= 0.6 is 11.3 Å². The molecule has 0 spiro atoms. The van der Waals surface area contributed by atoms with Crippen LogP contribution in [-0.4, -0.2) is 32.8 Å². The van der Waals surface area contributed by atoms with E-state index >= 15 is 0 Å². The van der Waals surface area contributed by atoms with E-state index in [9.17, 15) is 18.5 Å². The van der Waals surface area contributed by atoms with Crippen LogP contribution in [0.25, 0.3) is 0 Å². The Morgan fingerprint density at radius 1 is 1.33 bits per heavy atom. The van der Waals surface area contributed by atoms with Gasteiger partial charge in [-0.05, 0) is 30.9 Å². The van der Waals surface area contributed by atoms with Crippen LogP contribution in [0.4, 0.5) is 5.69 Å². The fourth-order valence-electron chi connectivity index (χ4n) is 2.06. The molecule has 0 radical (unpaired) electrons. The molecule has 1 aromatic heterocycles. The Hall–Kier alpha value is -2.66. The van der Waals surface area contributed by atoms with E-state index in [1.807, 2.05) is 6.92 Å². The van der Waals surface area contributed by atoms with Gasteiger partial charge in [-0.1, -0.05) is 13.0 Å². The van der Waals surface area contributed by atoms with Crippen molar-refractivity contribution in [1.82, 2.24) is 4.83 Å². The van der Waals surface area contributed by atoms with E-state index < -0.39 is 14.9 Å². The number of nitrogens with one attached hydrogen (secondary N) is 1. The van der Waals surface area contributed by atoms with Gasteiger partial charge < -0.3 is 9.47 Å². The first-order valence-electron chi connectivity index (χ1n) is 8.05. The van der Waals surface area contributed by atoms with Crippen molar-refractivity contribution in [1.29, 1.82) is 0 Å². The summed E-state index contributed by atoms with van der Waals surface area (Å²) in [6.45, 7) is 4.21. The topological polar surface area (TPSA) is 120 Å². The van der Waals surface area contributed by atoms with Crippen LogP contribution in [0.2, 0.25) is 0 Å². The quantitative estimate of drug-likeness (QED) is 0.363.